The van der Waals surface area contributed by atoms with Crippen LogP contribution in [0.3, 0.4) is 0 Å². The second-order valence-corrected chi connectivity index (χ2v) is 7.31. The third-order valence-electron chi connectivity index (χ3n) is 4.54. The maximum atomic E-state index is 12.6. The highest BCUT2D eigenvalue weighted by Gasteiger charge is 2.32. The lowest BCUT2D eigenvalue weighted by molar-refractivity contribution is -0.142. The van der Waals surface area contributed by atoms with Gasteiger partial charge in [-0.3, -0.25) is 14.6 Å². The molecule has 0 N–H and O–H groups in total. The Morgan fingerprint density at radius 3 is 2.87 bits per heavy atom. The van der Waals surface area contributed by atoms with Crippen LogP contribution in [0, 0.1) is 5.92 Å². The van der Waals surface area contributed by atoms with Gasteiger partial charge in [0.1, 0.15) is 0 Å². The minimum Gasteiger partial charge on any atom is -0.342 e. The zero-order valence-electron chi connectivity index (χ0n) is 13.3. The molecule has 1 atom stereocenters. The molecule has 2 amide bonds. The Labute approximate surface area is 141 Å². The lowest BCUT2D eigenvalue weighted by atomic mass is 9.95. The van der Waals surface area contributed by atoms with Gasteiger partial charge in [-0.1, -0.05) is 6.07 Å². The van der Waals surface area contributed by atoms with Crippen LogP contribution in [-0.2, 0) is 16.0 Å². The van der Waals surface area contributed by atoms with Crippen molar-refractivity contribution >= 4 is 23.6 Å². The van der Waals surface area contributed by atoms with Gasteiger partial charge in [-0.05, 0) is 18.6 Å². The number of thioether (sulfide) groups is 1. The van der Waals surface area contributed by atoms with Gasteiger partial charge in [0.2, 0.25) is 11.8 Å². The number of likely N-dealkylation sites (tertiary alicyclic amines) is 1. The quantitative estimate of drug-likeness (QED) is 0.837. The molecule has 0 spiro atoms. The van der Waals surface area contributed by atoms with Gasteiger partial charge in [0, 0.05) is 62.4 Å². The molecule has 0 bridgehead atoms. The van der Waals surface area contributed by atoms with E-state index in [0.29, 0.717) is 25.9 Å². The number of nitrogens with zero attached hydrogens (tertiary/aromatic N) is 3. The summed E-state index contributed by atoms with van der Waals surface area (Å²) in [5, 5.41) is 0. The van der Waals surface area contributed by atoms with Crippen LogP contribution >= 0.6 is 11.8 Å². The third-order valence-corrected chi connectivity index (χ3v) is 5.48. The lowest BCUT2D eigenvalue weighted by Gasteiger charge is -2.36. The van der Waals surface area contributed by atoms with Crippen LogP contribution in [0.1, 0.15) is 18.5 Å². The molecule has 23 heavy (non-hydrogen) atoms. The molecule has 2 fully saturated rings. The van der Waals surface area contributed by atoms with Crippen LogP contribution in [0.25, 0.3) is 0 Å². The Balaban J connectivity index is 1.55. The van der Waals surface area contributed by atoms with E-state index in [-0.39, 0.29) is 17.7 Å². The Kier molecular flexibility index (Phi) is 5.54. The predicted molar refractivity (Wildman–Crippen MR) is 91.2 cm³/mol. The summed E-state index contributed by atoms with van der Waals surface area (Å²) in [6.45, 7) is 2.91. The average molecular weight is 333 g/mol. The molecule has 2 saturated heterocycles. The molecule has 1 aromatic heterocycles. The highest BCUT2D eigenvalue weighted by Crippen LogP contribution is 2.22. The van der Waals surface area contributed by atoms with Crippen molar-refractivity contribution < 1.29 is 9.59 Å². The molecular weight excluding hydrogens is 310 g/mol. The van der Waals surface area contributed by atoms with Crippen LogP contribution in [0.5, 0.6) is 0 Å². The Morgan fingerprint density at radius 2 is 2.13 bits per heavy atom. The van der Waals surface area contributed by atoms with Gasteiger partial charge in [-0.15, -0.1) is 0 Å². The molecule has 124 valence electrons. The number of piperidine rings is 1. The van der Waals surface area contributed by atoms with Gasteiger partial charge < -0.3 is 9.80 Å². The maximum absolute atomic E-state index is 12.6. The molecule has 0 saturated carbocycles. The Bertz CT molecular complexity index is 546. The zero-order chi connectivity index (χ0) is 16.1. The van der Waals surface area contributed by atoms with Crippen LogP contribution in [-0.4, -0.2) is 64.3 Å². The van der Waals surface area contributed by atoms with E-state index in [2.05, 4.69) is 4.98 Å². The second-order valence-electron chi connectivity index (χ2n) is 6.08. The summed E-state index contributed by atoms with van der Waals surface area (Å²) in [4.78, 5) is 32.9. The first-order valence-electron chi connectivity index (χ1n) is 8.28. The minimum atomic E-state index is -0.0282. The first-order valence-corrected chi connectivity index (χ1v) is 9.44. The maximum Gasteiger partial charge on any atom is 0.227 e. The molecule has 0 unspecified atom stereocenters. The van der Waals surface area contributed by atoms with Gasteiger partial charge >= 0.3 is 0 Å². The van der Waals surface area contributed by atoms with Crippen LogP contribution in [0.15, 0.2) is 24.4 Å². The fourth-order valence-corrected chi connectivity index (χ4v) is 4.07. The van der Waals surface area contributed by atoms with E-state index in [1.54, 1.807) is 6.20 Å². The first kappa shape index (κ1) is 16.3. The SMILES string of the molecule is O=C1CC[C@@H](C(=O)N2CCSCC2)CN1CCc1ccccn1. The van der Waals surface area contributed by atoms with Gasteiger partial charge in [0.15, 0.2) is 0 Å². The normalized spacial score (nSPS) is 22.3. The third kappa shape index (κ3) is 4.25. The largest absolute Gasteiger partial charge is 0.342 e. The Hall–Kier alpha value is -1.56. The number of hydrogen-bond acceptors (Lipinski definition) is 4. The van der Waals surface area contributed by atoms with E-state index in [0.717, 1.165) is 36.7 Å². The Morgan fingerprint density at radius 1 is 1.30 bits per heavy atom. The average Bonchev–Trinajstić information content (AvgIpc) is 2.62. The first-order chi connectivity index (χ1) is 11.2. The van der Waals surface area contributed by atoms with Crippen molar-refractivity contribution in [3.63, 3.8) is 0 Å². The highest BCUT2D eigenvalue weighted by atomic mass is 32.2. The van der Waals surface area contributed by atoms with Crippen molar-refractivity contribution in [1.29, 1.82) is 0 Å². The monoisotopic (exact) mass is 333 g/mol. The number of carbonyl (C=O) groups is 2. The number of amides is 2. The summed E-state index contributed by atoms with van der Waals surface area (Å²) in [5.74, 6) is 2.43. The fraction of sp³-hybridized carbons (Fsp3) is 0.588. The number of pyridine rings is 1. The van der Waals surface area contributed by atoms with Crippen molar-refractivity contribution in [3.05, 3.63) is 30.1 Å². The molecule has 6 heteroatoms. The topological polar surface area (TPSA) is 53.5 Å². The van der Waals surface area contributed by atoms with Gasteiger partial charge in [-0.2, -0.15) is 11.8 Å². The summed E-state index contributed by atoms with van der Waals surface area (Å²) in [6.07, 6.45) is 3.70. The summed E-state index contributed by atoms with van der Waals surface area (Å²) >= 11 is 1.90. The standard InChI is InChI=1S/C17H23N3O2S/c21-16-5-4-14(17(22)19-9-11-23-12-10-19)13-20(16)8-6-15-3-1-2-7-18-15/h1-3,7,14H,4-6,8-13H2/t14-/m1/s1. The summed E-state index contributed by atoms with van der Waals surface area (Å²) < 4.78 is 0. The molecule has 0 radical (unpaired) electrons. The number of rotatable bonds is 4. The summed E-state index contributed by atoms with van der Waals surface area (Å²) in [5.41, 5.74) is 0.988. The van der Waals surface area contributed by atoms with Gasteiger partial charge in [0.05, 0.1) is 5.92 Å². The zero-order valence-corrected chi connectivity index (χ0v) is 14.1. The van der Waals surface area contributed by atoms with E-state index in [9.17, 15) is 9.59 Å². The van der Waals surface area contributed by atoms with Crippen LogP contribution in [0.2, 0.25) is 0 Å². The number of hydrogen-bond donors (Lipinski definition) is 0. The van der Waals surface area contributed by atoms with E-state index < -0.39 is 0 Å². The summed E-state index contributed by atoms with van der Waals surface area (Å²) in [6, 6.07) is 5.82. The van der Waals surface area contributed by atoms with Crippen LogP contribution < -0.4 is 0 Å². The van der Waals surface area contributed by atoms with E-state index in [4.69, 9.17) is 0 Å². The molecule has 5 nitrogen and oxygen atoms in total. The molecule has 0 aliphatic carbocycles. The van der Waals surface area contributed by atoms with E-state index in [1.807, 2.05) is 39.8 Å². The van der Waals surface area contributed by atoms with E-state index in [1.165, 1.54) is 0 Å². The fourth-order valence-electron chi connectivity index (χ4n) is 3.17. The smallest absolute Gasteiger partial charge is 0.227 e. The van der Waals surface area contributed by atoms with Crippen molar-refractivity contribution in [1.82, 2.24) is 14.8 Å². The molecular formula is C17H23N3O2S. The minimum absolute atomic E-state index is 0.0282. The number of aromatic nitrogens is 1. The van der Waals surface area contributed by atoms with Gasteiger partial charge in [0.25, 0.3) is 0 Å². The van der Waals surface area contributed by atoms with Crippen molar-refractivity contribution in [2.24, 2.45) is 5.92 Å². The van der Waals surface area contributed by atoms with Gasteiger partial charge in [-0.25, -0.2) is 0 Å². The number of carbonyl (C=O) groups excluding carboxylic acids is 2. The highest BCUT2D eigenvalue weighted by molar-refractivity contribution is 7.99. The van der Waals surface area contributed by atoms with Crippen LogP contribution in [0.4, 0.5) is 0 Å². The molecule has 2 aliphatic rings. The van der Waals surface area contributed by atoms with Crippen molar-refractivity contribution in [2.45, 2.75) is 19.3 Å². The predicted octanol–water partition coefficient (Wildman–Crippen LogP) is 1.44. The van der Waals surface area contributed by atoms with Crippen molar-refractivity contribution in [3.8, 4) is 0 Å². The second kappa shape index (κ2) is 7.81. The lowest BCUT2D eigenvalue weighted by Crippen LogP contribution is -2.49. The molecule has 1 aromatic rings. The molecule has 0 aromatic carbocycles. The molecule has 3 rings (SSSR count). The molecule has 3 heterocycles. The van der Waals surface area contributed by atoms with Crippen molar-refractivity contribution in [2.75, 3.05) is 37.7 Å². The van der Waals surface area contributed by atoms with E-state index >= 15 is 0 Å². The molecule has 2 aliphatic heterocycles. The summed E-state index contributed by atoms with van der Waals surface area (Å²) in [7, 11) is 0.